The number of hydrogen-bond donors (Lipinski definition) is 2. The second-order valence-electron chi connectivity index (χ2n) is 5.28. The fourth-order valence-electron chi connectivity index (χ4n) is 2.18. The molecule has 3 rings (SSSR count). The van der Waals surface area contributed by atoms with Gasteiger partial charge in [0, 0.05) is 17.8 Å². The molecule has 132 valence electrons. The van der Waals surface area contributed by atoms with Gasteiger partial charge in [0.15, 0.2) is 5.11 Å². The standard InChI is InChI=1S/C16H13FN6O2S/c17-12-3-1-2-11(8-12)9-22-10-18-15(21-22)20-16(26)19-13-4-6-14(7-5-13)23(24)25/h1-8,10H,9H2,(H2,19,20,21,26). The van der Waals surface area contributed by atoms with E-state index < -0.39 is 4.92 Å². The van der Waals surface area contributed by atoms with Gasteiger partial charge in [-0.25, -0.2) is 14.1 Å². The van der Waals surface area contributed by atoms with Crippen molar-refractivity contribution in [3.63, 3.8) is 0 Å². The number of nitro groups is 1. The quantitative estimate of drug-likeness (QED) is 0.403. The van der Waals surface area contributed by atoms with Crippen LogP contribution in [-0.4, -0.2) is 24.8 Å². The van der Waals surface area contributed by atoms with Crippen LogP contribution in [0.15, 0.2) is 54.9 Å². The number of hydrogen-bond acceptors (Lipinski definition) is 5. The summed E-state index contributed by atoms with van der Waals surface area (Å²) in [6, 6.07) is 12.1. The number of halogens is 1. The van der Waals surface area contributed by atoms with Gasteiger partial charge in [-0.3, -0.25) is 15.4 Å². The maximum atomic E-state index is 13.2. The number of aromatic nitrogens is 3. The van der Waals surface area contributed by atoms with Crippen LogP contribution in [0.3, 0.4) is 0 Å². The lowest BCUT2D eigenvalue weighted by Gasteiger charge is -2.07. The summed E-state index contributed by atoms with van der Waals surface area (Å²) in [6.07, 6.45) is 1.50. The minimum atomic E-state index is -0.477. The summed E-state index contributed by atoms with van der Waals surface area (Å²) in [5.41, 5.74) is 1.34. The largest absolute Gasteiger partial charge is 0.332 e. The Bertz CT molecular complexity index is 944. The van der Waals surface area contributed by atoms with Crippen LogP contribution in [0.25, 0.3) is 0 Å². The predicted octanol–water partition coefficient (Wildman–Crippen LogP) is 3.18. The number of anilines is 2. The molecule has 0 spiro atoms. The minimum Gasteiger partial charge on any atom is -0.332 e. The molecular weight excluding hydrogens is 359 g/mol. The number of nitro benzene ring substituents is 1. The predicted molar refractivity (Wildman–Crippen MR) is 98.5 cm³/mol. The summed E-state index contributed by atoms with van der Waals surface area (Å²) >= 11 is 5.16. The van der Waals surface area contributed by atoms with Crippen LogP contribution >= 0.6 is 12.2 Å². The summed E-state index contributed by atoms with van der Waals surface area (Å²) in [5, 5.41) is 20.8. The van der Waals surface area contributed by atoms with Gasteiger partial charge >= 0.3 is 0 Å². The number of benzene rings is 2. The third kappa shape index (κ3) is 4.57. The molecule has 0 radical (unpaired) electrons. The van der Waals surface area contributed by atoms with Crippen molar-refractivity contribution in [3.8, 4) is 0 Å². The Labute approximate surface area is 152 Å². The van der Waals surface area contributed by atoms with Gasteiger partial charge in [-0.05, 0) is 42.0 Å². The van der Waals surface area contributed by atoms with Gasteiger partial charge in [-0.2, -0.15) is 0 Å². The Kier molecular flexibility index (Phi) is 5.13. The molecule has 0 fully saturated rings. The average molecular weight is 372 g/mol. The van der Waals surface area contributed by atoms with Crippen molar-refractivity contribution in [3.05, 3.63) is 76.4 Å². The van der Waals surface area contributed by atoms with E-state index in [0.717, 1.165) is 5.56 Å². The van der Waals surface area contributed by atoms with Gasteiger partial charge in [-0.15, -0.1) is 5.10 Å². The zero-order chi connectivity index (χ0) is 18.5. The number of non-ortho nitro benzene ring substituents is 1. The normalized spacial score (nSPS) is 10.3. The smallest absolute Gasteiger partial charge is 0.269 e. The molecule has 0 atom stereocenters. The van der Waals surface area contributed by atoms with Gasteiger partial charge < -0.3 is 5.32 Å². The highest BCUT2D eigenvalue weighted by molar-refractivity contribution is 7.80. The van der Waals surface area contributed by atoms with Crippen molar-refractivity contribution in [2.24, 2.45) is 0 Å². The van der Waals surface area contributed by atoms with Crippen LogP contribution < -0.4 is 10.6 Å². The van der Waals surface area contributed by atoms with Crippen LogP contribution in [0.1, 0.15) is 5.56 Å². The first-order valence-electron chi connectivity index (χ1n) is 7.46. The van der Waals surface area contributed by atoms with Gasteiger partial charge in [-0.1, -0.05) is 12.1 Å². The van der Waals surface area contributed by atoms with Crippen molar-refractivity contribution in [1.82, 2.24) is 14.8 Å². The van der Waals surface area contributed by atoms with Crippen molar-refractivity contribution >= 4 is 34.7 Å². The lowest BCUT2D eigenvalue weighted by molar-refractivity contribution is -0.384. The summed E-state index contributed by atoms with van der Waals surface area (Å²) < 4.78 is 14.8. The lowest BCUT2D eigenvalue weighted by Crippen LogP contribution is -2.20. The summed E-state index contributed by atoms with van der Waals surface area (Å²) in [7, 11) is 0. The zero-order valence-electron chi connectivity index (χ0n) is 13.3. The van der Waals surface area contributed by atoms with Crippen LogP contribution in [0, 0.1) is 15.9 Å². The molecule has 0 saturated heterocycles. The third-order valence-electron chi connectivity index (χ3n) is 3.33. The highest BCUT2D eigenvalue weighted by atomic mass is 32.1. The van der Waals surface area contributed by atoms with E-state index in [0.29, 0.717) is 12.2 Å². The summed E-state index contributed by atoms with van der Waals surface area (Å²) in [5.74, 6) is -0.0322. The van der Waals surface area contributed by atoms with Crippen LogP contribution in [-0.2, 0) is 6.54 Å². The molecule has 26 heavy (non-hydrogen) atoms. The van der Waals surface area contributed by atoms with E-state index in [1.807, 2.05) is 0 Å². The first-order chi connectivity index (χ1) is 12.5. The molecule has 3 aromatic rings. The Hall–Kier alpha value is -3.40. The molecule has 2 aromatic carbocycles. The van der Waals surface area contributed by atoms with E-state index in [9.17, 15) is 14.5 Å². The number of rotatable bonds is 5. The highest BCUT2D eigenvalue weighted by Crippen LogP contribution is 2.15. The van der Waals surface area contributed by atoms with Gasteiger partial charge in [0.1, 0.15) is 12.1 Å². The lowest BCUT2D eigenvalue weighted by atomic mass is 10.2. The molecule has 1 aromatic heterocycles. The third-order valence-corrected chi connectivity index (χ3v) is 3.54. The Morgan fingerprint density at radius 2 is 2.00 bits per heavy atom. The van der Waals surface area contributed by atoms with E-state index >= 15 is 0 Å². The van der Waals surface area contributed by atoms with Crippen LogP contribution in [0.2, 0.25) is 0 Å². The molecule has 0 aliphatic carbocycles. The van der Waals surface area contributed by atoms with Gasteiger partial charge in [0.25, 0.3) is 5.69 Å². The summed E-state index contributed by atoms with van der Waals surface area (Å²) in [4.78, 5) is 14.2. The highest BCUT2D eigenvalue weighted by Gasteiger charge is 2.07. The van der Waals surface area contributed by atoms with Crippen molar-refractivity contribution < 1.29 is 9.31 Å². The maximum absolute atomic E-state index is 13.2. The average Bonchev–Trinajstić information content (AvgIpc) is 3.02. The molecule has 8 nitrogen and oxygen atoms in total. The van der Waals surface area contributed by atoms with Crippen LogP contribution in [0.5, 0.6) is 0 Å². The van der Waals surface area contributed by atoms with Gasteiger partial charge in [0.2, 0.25) is 5.95 Å². The van der Waals surface area contributed by atoms with Crippen molar-refractivity contribution in [2.75, 3.05) is 10.6 Å². The molecule has 0 bridgehead atoms. The molecule has 0 amide bonds. The minimum absolute atomic E-state index is 0.00724. The van der Waals surface area contributed by atoms with E-state index in [2.05, 4.69) is 20.7 Å². The molecule has 1 heterocycles. The Morgan fingerprint density at radius 3 is 2.69 bits per heavy atom. The molecule has 0 aliphatic heterocycles. The van der Waals surface area contributed by atoms with Gasteiger partial charge in [0.05, 0.1) is 11.5 Å². The topological polar surface area (TPSA) is 97.9 Å². The molecular formula is C16H13FN6O2S. The number of nitrogens with one attached hydrogen (secondary N) is 2. The number of thiocarbonyl (C=S) groups is 1. The Balaban J connectivity index is 1.58. The van der Waals surface area contributed by atoms with Crippen molar-refractivity contribution in [2.45, 2.75) is 6.54 Å². The molecule has 0 saturated carbocycles. The fourth-order valence-corrected chi connectivity index (χ4v) is 2.39. The second-order valence-corrected chi connectivity index (χ2v) is 5.69. The SMILES string of the molecule is O=[N+]([O-])c1ccc(NC(=S)Nc2ncn(Cc3cccc(F)c3)n2)cc1. The van der Waals surface area contributed by atoms with E-state index in [-0.39, 0.29) is 22.6 Å². The molecule has 0 unspecified atom stereocenters. The second kappa shape index (κ2) is 7.66. The first-order valence-corrected chi connectivity index (χ1v) is 7.87. The van der Waals surface area contributed by atoms with E-state index in [1.54, 1.807) is 28.9 Å². The first kappa shape index (κ1) is 17.4. The fraction of sp³-hybridized carbons (Fsp3) is 0.0625. The maximum Gasteiger partial charge on any atom is 0.269 e. The molecule has 2 N–H and O–H groups in total. The van der Waals surface area contributed by atoms with Crippen molar-refractivity contribution in [1.29, 1.82) is 0 Å². The molecule has 10 heteroatoms. The summed E-state index contributed by atoms with van der Waals surface area (Å²) in [6.45, 7) is 0.370. The van der Waals surface area contributed by atoms with E-state index in [4.69, 9.17) is 12.2 Å². The zero-order valence-corrected chi connectivity index (χ0v) is 14.1. The van der Waals surface area contributed by atoms with E-state index in [1.165, 1.54) is 30.6 Å². The van der Waals surface area contributed by atoms with Crippen LogP contribution in [0.4, 0.5) is 21.7 Å². The molecule has 0 aliphatic rings. The Morgan fingerprint density at radius 1 is 1.23 bits per heavy atom. The number of nitrogens with zero attached hydrogens (tertiary/aromatic N) is 4. The monoisotopic (exact) mass is 372 g/mol.